The first-order chi connectivity index (χ1) is 11.5. The smallest absolute Gasteiger partial charge is 0.433 e. The molecule has 118 valence electrons. The van der Waals surface area contributed by atoms with Crippen LogP contribution in [0.25, 0.3) is 22.4 Å². The van der Waals surface area contributed by atoms with Crippen LogP contribution < -0.4 is 5.73 Å². The van der Waals surface area contributed by atoms with Gasteiger partial charge in [0.2, 0.25) is 0 Å². The molecule has 8 nitrogen and oxygen atoms in total. The van der Waals surface area contributed by atoms with Crippen molar-refractivity contribution < 1.29 is 9.90 Å². The van der Waals surface area contributed by atoms with Crippen molar-refractivity contribution in [3.05, 3.63) is 42.0 Å². The molecule has 0 fully saturated rings. The van der Waals surface area contributed by atoms with Crippen LogP contribution in [0.2, 0.25) is 0 Å². The molecule has 0 atom stereocenters. The van der Waals surface area contributed by atoms with Gasteiger partial charge in [0.1, 0.15) is 17.5 Å². The Morgan fingerprint density at radius 1 is 1.42 bits per heavy atom. The maximum atomic E-state index is 10.7. The van der Waals surface area contributed by atoms with Crippen molar-refractivity contribution >= 4 is 23.1 Å². The molecule has 3 N–H and O–H groups in total. The molecule has 1 amide bonds. The second-order valence-corrected chi connectivity index (χ2v) is 4.96. The number of carboxylic acid groups (broad SMARTS) is 1. The summed E-state index contributed by atoms with van der Waals surface area (Å²) in [6.45, 7) is 1.95. The average molecular weight is 320 g/mol. The SMILES string of the molecule is C#Cn1cnc2nc(/C(N)=N/C(=O)O)nc(-c3cccc(C)c3)c21. The zero-order valence-electron chi connectivity index (χ0n) is 12.6. The first-order valence-corrected chi connectivity index (χ1v) is 6.86. The van der Waals surface area contributed by atoms with Crippen LogP contribution in [-0.4, -0.2) is 36.6 Å². The number of amides is 1. The van der Waals surface area contributed by atoms with E-state index < -0.39 is 6.09 Å². The van der Waals surface area contributed by atoms with E-state index in [0.717, 1.165) is 11.1 Å². The molecule has 0 saturated carbocycles. The van der Waals surface area contributed by atoms with Crippen molar-refractivity contribution in [3.63, 3.8) is 0 Å². The highest BCUT2D eigenvalue weighted by atomic mass is 16.4. The summed E-state index contributed by atoms with van der Waals surface area (Å²) in [4.78, 5) is 26.6. The predicted octanol–water partition coefficient (Wildman–Crippen LogP) is 1.62. The molecule has 0 spiro atoms. The predicted molar refractivity (Wildman–Crippen MR) is 88.5 cm³/mol. The number of amidine groups is 1. The number of carbonyl (C=O) groups is 1. The second kappa shape index (κ2) is 5.81. The van der Waals surface area contributed by atoms with Gasteiger partial charge in [0.15, 0.2) is 17.3 Å². The van der Waals surface area contributed by atoms with Gasteiger partial charge in [-0.15, -0.1) is 0 Å². The Hall–Kier alpha value is -3.73. The van der Waals surface area contributed by atoms with Gasteiger partial charge < -0.3 is 10.8 Å². The Morgan fingerprint density at radius 2 is 2.21 bits per heavy atom. The van der Waals surface area contributed by atoms with Gasteiger partial charge in [-0.2, -0.15) is 4.99 Å². The van der Waals surface area contributed by atoms with E-state index in [1.54, 1.807) is 0 Å². The van der Waals surface area contributed by atoms with Crippen LogP contribution in [0, 0.1) is 19.4 Å². The molecule has 1 aromatic carbocycles. The van der Waals surface area contributed by atoms with Crippen LogP contribution in [-0.2, 0) is 0 Å². The fourth-order valence-electron chi connectivity index (χ4n) is 2.28. The molecule has 0 radical (unpaired) electrons. The van der Waals surface area contributed by atoms with Crippen molar-refractivity contribution in [3.8, 4) is 23.7 Å². The zero-order chi connectivity index (χ0) is 17.3. The summed E-state index contributed by atoms with van der Waals surface area (Å²) < 4.78 is 1.46. The molecule has 0 unspecified atom stereocenters. The Bertz CT molecular complexity index is 1030. The number of rotatable bonds is 2. The lowest BCUT2D eigenvalue weighted by molar-refractivity contribution is 0.205. The second-order valence-electron chi connectivity index (χ2n) is 4.96. The van der Waals surface area contributed by atoms with E-state index in [2.05, 4.69) is 26.0 Å². The van der Waals surface area contributed by atoms with Crippen molar-refractivity contribution in [1.82, 2.24) is 19.5 Å². The maximum absolute atomic E-state index is 10.7. The van der Waals surface area contributed by atoms with Crippen molar-refractivity contribution in [1.29, 1.82) is 0 Å². The molecule has 3 aromatic rings. The lowest BCUT2D eigenvalue weighted by atomic mass is 10.1. The lowest BCUT2D eigenvalue weighted by Crippen LogP contribution is -2.19. The first-order valence-electron chi connectivity index (χ1n) is 6.86. The van der Waals surface area contributed by atoms with Gasteiger partial charge in [0.05, 0.1) is 0 Å². The number of benzene rings is 1. The number of fused-ring (bicyclic) bond motifs is 1. The zero-order valence-corrected chi connectivity index (χ0v) is 12.6. The summed E-state index contributed by atoms with van der Waals surface area (Å²) in [5, 5.41) is 8.75. The van der Waals surface area contributed by atoms with Crippen molar-refractivity contribution in [2.24, 2.45) is 10.7 Å². The first kappa shape index (κ1) is 15.2. The average Bonchev–Trinajstić information content (AvgIpc) is 2.96. The Labute approximate surface area is 136 Å². The maximum Gasteiger partial charge on any atom is 0.433 e. The number of nitrogens with two attached hydrogens (primary N) is 1. The van der Waals surface area contributed by atoms with Crippen molar-refractivity contribution in [2.45, 2.75) is 6.92 Å². The van der Waals surface area contributed by atoms with Crippen LogP contribution in [0.1, 0.15) is 11.4 Å². The third kappa shape index (κ3) is 2.66. The monoisotopic (exact) mass is 320 g/mol. The van der Waals surface area contributed by atoms with Crippen molar-refractivity contribution in [2.75, 3.05) is 0 Å². The highest BCUT2D eigenvalue weighted by molar-refractivity contribution is 6.02. The molecule has 0 bridgehead atoms. The molecule has 2 aromatic heterocycles. The van der Waals surface area contributed by atoms with E-state index >= 15 is 0 Å². The van der Waals surface area contributed by atoms with E-state index in [0.29, 0.717) is 16.9 Å². The topological polar surface area (TPSA) is 119 Å². The Morgan fingerprint density at radius 3 is 2.88 bits per heavy atom. The number of aromatic nitrogens is 4. The van der Waals surface area contributed by atoms with Crippen LogP contribution in [0.5, 0.6) is 0 Å². The highest BCUT2D eigenvalue weighted by Gasteiger charge is 2.17. The number of terminal acetylenes is 1. The molecular formula is C16H12N6O2. The minimum absolute atomic E-state index is 0.0244. The van der Waals surface area contributed by atoms with Gasteiger partial charge in [0, 0.05) is 11.6 Å². The minimum atomic E-state index is -1.43. The van der Waals surface area contributed by atoms with E-state index in [-0.39, 0.29) is 11.7 Å². The van der Waals surface area contributed by atoms with Gasteiger partial charge >= 0.3 is 6.09 Å². The standard InChI is InChI=1S/C16H12N6O2/c1-3-22-8-18-14-12(22)11(10-6-4-5-9(2)7-10)19-15(21-14)13(17)20-16(23)24/h1,4-8H,2H3,(H2,17,20)(H,23,24). The van der Waals surface area contributed by atoms with E-state index in [4.69, 9.17) is 17.3 Å². The molecule has 8 heteroatoms. The molecule has 0 aliphatic rings. The summed E-state index contributed by atoms with van der Waals surface area (Å²) in [6, 6.07) is 10.1. The number of hydrogen-bond acceptors (Lipinski definition) is 4. The Kier molecular flexibility index (Phi) is 3.67. The summed E-state index contributed by atoms with van der Waals surface area (Å²) >= 11 is 0. The number of aryl methyl sites for hydroxylation is 1. The molecule has 24 heavy (non-hydrogen) atoms. The highest BCUT2D eigenvalue weighted by Crippen LogP contribution is 2.26. The number of imidazole rings is 1. The van der Waals surface area contributed by atoms with Gasteiger partial charge in [-0.25, -0.2) is 19.7 Å². The third-order valence-electron chi connectivity index (χ3n) is 3.28. The largest absolute Gasteiger partial charge is 0.463 e. The van der Waals surface area contributed by atoms with Crippen LogP contribution >= 0.6 is 0 Å². The van der Waals surface area contributed by atoms with Gasteiger partial charge in [-0.05, 0) is 13.0 Å². The molecule has 0 aliphatic heterocycles. The van der Waals surface area contributed by atoms with Crippen LogP contribution in [0.3, 0.4) is 0 Å². The minimum Gasteiger partial charge on any atom is -0.463 e. The molecule has 3 rings (SSSR count). The summed E-state index contributed by atoms with van der Waals surface area (Å²) in [6.07, 6.45) is 5.50. The fraction of sp³-hybridized carbons (Fsp3) is 0.0625. The quantitative estimate of drug-likeness (QED) is 0.421. The molecule has 2 heterocycles. The summed E-state index contributed by atoms with van der Waals surface area (Å²) in [5.41, 5.74) is 8.82. The normalized spacial score (nSPS) is 11.4. The van der Waals surface area contributed by atoms with Gasteiger partial charge in [-0.1, -0.05) is 30.2 Å². The third-order valence-corrected chi connectivity index (χ3v) is 3.28. The molecule has 0 aliphatic carbocycles. The van der Waals surface area contributed by atoms with Gasteiger partial charge in [-0.3, -0.25) is 4.57 Å². The van der Waals surface area contributed by atoms with Crippen LogP contribution in [0.15, 0.2) is 35.6 Å². The number of aliphatic imine (C=N–C) groups is 1. The van der Waals surface area contributed by atoms with Crippen LogP contribution in [0.4, 0.5) is 4.79 Å². The lowest BCUT2D eigenvalue weighted by Gasteiger charge is -2.07. The number of hydrogen-bond donors (Lipinski definition) is 2. The summed E-state index contributed by atoms with van der Waals surface area (Å²) in [7, 11) is 0. The van der Waals surface area contributed by atoms with E-state index in [9.17, 15) is 4.79 Å². The van der Waals surface area contributed by atoms with Gasteiger partial charge in [0.25, 0.3) is 0 Å². The number of nitrogens with zero attached hydrogens (tertiary/aromatic N) is 5. The molecular weight excluding hydrogens is 308 g/mol. The van der Waals surface area contributed by atoms with E-state index in [1.807, 2.05) is 31.2 Å². The summed E-state index contributed by atoms with van der Waals surface area (Å²) in [5.74, 6) is -0.336. The van der Waals surface area contributed by atoms with E-state index in [1.165, 1.54) is 10.9 Å². The Balaban J connectivity index is 2.34. The molecule has 0 saturated heterocycles. The fourth-order valence-corrected chi connectivity index (χ4v) is 2.28.